The molecule has 1 saturated heterocycles. The lowest BCUT2D eigenvalue weighted by atomic mass is 9.69. The van der Waals surface area contributed by atoms with E-state index in [1.54, 1.807) is 0 Å². The molecule has 7 heteroatoms. The third kappa shape index (κ3) is 5.66. The van der Waals surface area contributed by atoms with Crippen molar-refractivity contribution in [2.75, 3.05) is 29.9 Å². The van der Waals surface area contributed by atoms with Crippen LogP contribution in [0.25, 0.3) is 0 Å². The number of rotatable bonds is 5. The van der Waals surface area contributed by atoms with Crippen molar-refractivity contribution in [3.05, 3.63) is 47.1 Å². The van der Waals surface area contributed by atoms with Crippen LogP contribution in [0.3, 0.4) is 0 Å². The largest absolute Gasteiger partial charge is 0.361 e. The molecule has 5 nitrogen and oxygen atoms in total. The van der Waals surface area contributed by atoms with E-state index in [1.807, 2.05) is 6.07 Å². The van der Waals surface area contributed by atoms with E-state index in [0.29, 0.717) is 22.1 Å². The average Bonchev–Trinajstić information content (AvgIpc) is 2.79. The van der Waals surface area contributed by atoms with Crippen LogP contribution in [0.1, 0.15) is 57.4 Å². The number of aromatic nitrogens is 2. The normalized spacial score (nSPS) is 20.8. The SMILES string of the molecule is C[C@@H]1CCCN(c2cc(Cl)nc(NC(=S)NCC3(c4ccccc4)CCCCC3)n2)C1. The number of hydrogen-bond acceptors (Lipinski definition) is 4. The van der Waals surface area contributed by atoms with Crippen molar-refractivity contribution in [2.24, 2.45) is 5.92 Å². The Morgan fingerprint density at radius 1 is 1.16 bits per heavy atom. The van der Waals surface area contributed by atoms with Crippen LogP contribution in [-0.4, -0.2) is 34.7 Å². The van der Waals surface area contributed by atoms with Gasteiger partial charge in [0.25, 0.3) is 0 Å². The van der Waals surface area contributed by atoms with Gasteiger partial charge in [0.2, 0.25) is 5.95 Å². The van der Waals surface area contributed by atoms with E-state index < -0.39 is 0 Å². The molecule has 1 aromatic heterocycles. The van der Waals surface area contributed by atoms with Crippen molar-refractivity contribution in [2.45, 2.75) is 57.3 Å². The van der Waals surface area contributed by atoms with E-state index in [1.165, 1.54) is 50.5 Å². The highest BCUT2D eigenvalue weighted by atomic mass is 35.5. The van der Waals surface area contributed by atoms with Gasteiger partial charge in [-0.1, -0.05) is 68.1 Å². The first-order valence-corrected chi connectivity index (χ1v) is 12.2. The summed E-state index contributed by atoms with van der Waals surface area (Å²) in [5.74, 6) is 1.98. The summed E-state index contributed by atoms with van der Waals surface area (Å²) in [5, 5.41) is 7.59. The zero-order valence-corrected chi connectivity index (χ0v) is 19.8. The minimum absolute atomic E-state index is 0.121. The van der Waals surface area contributed by atoms with E-state index in [0.717, 1.165) is 25.5 Å². The number of thiocarbonyl (C=S) groups is 1. The van der Waals surface area contributed by atoms with Crippen LogP contribution in [0.2, 0.25) is 5.15 Å². The number of hydrogen-bond donors (Lipinski definition) is 2. The van der Waals surface area contributed by atoms with Gasteiger partial charge in [-0.3, -0.25) is 0 Å². The fourth-order valence-electron chi connectivity index (χ4n) is 5.00. The van der Waals surface area contributed by atoms with Crippen molar-refractivity contribution < 1.29 is 0 Å². The number of benzene rings is 1. The highest BCUT2D eigenvalue weighted by Gasteiger charge is 2.33. The molecule has 166 valence electrons. The van der Waals surface area contributed by atoms with Gasteiger partial charge in [0.1, 0.15) is 11.0 Å². The molecular weight excluding hydrogens is 426 g/mol. The van der Waals surface area contributed by atoms with Crippen molar-refractivity contribution >= 4 is 40.7 Å². The smallest absolute Gasteiger partial charge is 0.232 e. The van der Waals surface area contributed by atoms with Gasteiger partial charge in [0.15, 0.2) is 5.11 Å². The summed E-state index contributed by atoms with van der Waals surface area (Å²) in [4.78, 5) is 11.3. The lowest BCUT2D eigenvalue weighted by Crippen LogP contribution is -2.43. The van der Waals surface area contributed by atoms with Crippen LogP contribution in [0, 0.1) is 5.92 Å². The van der Waals surface area contributed by atoms with E-state index in [4.69, 9.17) is 28.8 Å². The zero-order valence-electron chi connectivity index (χ0n) is 18.2. The van der Waals surface area contributed by atoms with Gasteiger partial charge in [0.05, 0.1) is 0 Å². The molecule has 2 fully saturated rings. The second kappa shape index (κ2) is 10.1. The topological polar surface area (TPSA) is 53.1 Å². The van der Waals surface area contributed by atoms with Crippen molar-refractivity contribution in [3.63, 3.8) is 0 Å². The molecule has 4 rings (SSSR count). The lowest BCUT2D eigenvalue weighted by molar-refractivity contribution is 0.292. The predicted octanol–water partition coefficient (Wildman–Crippen LogP) is 5.55. The predicted molar refractivity (Wildman–Crippen MR) is 133 cm³/mol. The molecule has 1 atom stereocenters. The van der Waals surface area contributed by atoms with Gasteiger partial charge in [0, 0.05) is 31.1 Å². The van der Waals surface area contributed by atoms with E-state index in [-0.39, 0.29) is 5.41 Å². The monoisotopic (exact) mass is 457 g/mol. The standard InChI is InChI=1S/C24H32ClN5S/c1-18-9-8-14-30(16-18)21-15-20(25)27-22(28-21)29-23(31)26-17-24(12-6-3-7-13-24)19-10-4-2-5-11-19/h2,4-5,10-11,15,18H,3,6-9,12-14,16-17H2,1H3,(H2,26,27,28,29,31)/t18-/m1/s1. The lowest BCUT2D eigenvalue weighted by Gasteiger charge is -2.38. The highest BCUT2D eigenvalue weighted by molar-refractivity contribution is 7.80. The molecule has 31 heavy (non-hydrogen) atoms. The third-order valence-electron chi connectivity index (χ3n) is 6.67. The van der Waals surface area contributed by atoms with E-state index in [2.05, 4.69) is 57.8 Å². The maximum absolute atomic E-state index is 6.31. The summed E-state index contributed by atoms with van der Waals surface area (Å²) in [6, 6.07) is 12.7. The first kappa shape index (κ1) is 22.3. The number of anilines is 2. The van der Waals surface area contributed by atoms with Crippen molar-refractivity contribution in [1.29, 1.82) is 0 Å². The van der Waals surface area contributed by atoms with Gasteiger partial charge in [-0.25, -0.2) is 4.98 Å². The van der Waals surface area contributed by atoms with Crippen molar-refractivity contribution in [3.8, 4) is 0 Å². The van der Waals surface area contributed by atoms with Crippen LogP contribution < -0.4 is 15.5 Å². The van der Waals surface area contributed by atoms with Gasteiger partial charge < -0.3 is 15.5 Å². The number of nitrogens with one attached hydrogen (secondary N) is 2. The van der Waals surface area contributed by atoms with Gasteiger partial charge >= 0.3 is 0 Å². The highest BCUT2D eigenvalue weighted by Crippen LogP contribution is 2.39. The summed E-state index contributed by atoms with van der Waals surface area (Å²) in [5.41, 5.74) is 1.51. The van der Waals surface area contributed by atoms with E-state index in [9.17, 15) is 0 Å². The number of nitrogens with zero attached hydrogens (tertiary/aromatic N) is 3. The molecule has 1 saturated carbocycles. The third-order valence-corrected chi connectivity index (χ3v) is 7.11. The molecule has 0 radical (unpaired) electrons. The first-order chi connectivity index (χ1) is 15.0. The van der Waals surface area contributed by atoms with Crippen LogP contribution in [0.5, 0.6) is 0 Å². The molecule has 0 spiro atoms. The summed E-state index contributed by atoms with van der Waals surface area (Å²) >= 11 is 11.9. The molecule has 2 aliphatic rings. The molecule has 1 aliphatic carbocycles. The van der Waals surface area contributed by atoms with Crippen LogP contribution in [0.4, 0.5) is 11.8 Å². The summed E-state index contributed by atoms with van der Waals surface area (Å²) < 4.78 is 0. The minimum atomic E-state index is 0.121. The number of halogens is 1. The zero-order chi connectivity index (χ0) is 21.7. The van der Waals surface area contributed by atoms with Crippen molar-refractivity contribution in [1.82, 2.24) is 15.3 Å². The first-order valence-electron chi connectivity index (χ1n) is 11.4. The Morgan fingerprint density at radius 2 is 1.94 bits per heavy atom. The Labute approximate surface area is 196 Å². The van der Waals surface area contributed by atoms with Gasteiger partial charge in [-0.05, 0) is 49.4 Å². The van der Waals surface area contributed by atoms with Gasteiger partial charge in [-0.2, -0.15) is 4.98 Å². The Balaban J connectivity index is 1.42. The molecule has 1 aliphatic heterocycles. The summed E-state index contributed by atoms with van der Waals surface area (Å²) in [6.45, 7) is 5.08. The Kier molecular flexibility index (Phi) is 7.28. The number of piperidine rings is 1. The van der Waals surface area contributed by atoms with Crippen LogP contribution in [-0.2, 0) is 5.41 Å². The average molecular weight is 458 g/mol. The van der Waals surface area contributed by atoms with Gasteiger partial charge in [-0.15, -0.1) is 0 Å². The fourth-order valence-corrected chi connectivity index (χ4v) is 5.35. The Bertz CT molecular complexity index is 885. The van der Waals surface area contributed by atoms with E-state index >= 15 is 0 Å². The molecule has 2 heterocycles. The minimum Gasteiger partial charge on any atom is -0.361 e. The molecular formula is C24H32ClN5S. The maximum Gasteiger partial charge on any atom is 0.232 e. The molecule has 0 amide bonds. The molecule has 2 aromatic rings. The maximum atomic E-state index is 6.31. The van der Waals surface area contributed by atoms with Crippen LogP contribution in [0.15, 0.2) is 36.4 Å². The Morgan fingerprint density at radius 3 is 2.68 bits per heavy atom. The summed E-state index contributed by atoms with van der Waals surface area (Å²) in [6.07, 6.45) is 8.61. The molecule has 2 N–H and O–H groups in total. The summed E-state index contributed by atoms with van der Waals surface area (Å²) in [7, 11) is 0. The van der Waals surface area contributed by atoms with Crippen LogP contribution >= 0.6 is 23.8 Å². The second-order valence-electron chi connectivity index (χ2n) is 9.08. The molecule has 0 bridgehead atoms. The quantitative estimate of drug-likeness (QED) is 0.453. The second-order valence-corrected chi connectivity index (χ2v) is 9.88. The molecule has 1 aromatic carbocycles. The molecule has 0 unspecified atom stereocenters. The Hall–Kier alpha value is -1.92. The fraction of sp³-hybridized carbons (Fsp3) is 0.542.